The molecule has 1 fully saturated rings. The molecule has 0 amide bonds. The highest BCUT2D eigenvalue weighted by molar-refractivity contribution is 5.51. The lowest BCUT2D eigenvalue weighted by Crippen LogP contribution is -2.33. The minimum Gasteiger partial charge on any atom is -0.457 e. The van der Waals surface area contributed by atoms with Gasteiger partial charge in [-0.25, -0.2) is 0 Å². The Hall–Kier alpha value is -3.92. The quantitative estimate of drug-likeness (QED) is 0.210. The van der Waals surface area contributed by atoms with Crippen LogP contribution in [0.2, 0.25) is 0 Å². The van der Waals surface area contributed by atoms with Gasteiger partial charge in [-0.3, -0.25) is 0 Å². The first-order valence-electron chi connectivity index (χ1n) is 14.7. The number of hydrogen-bond donors (Lipinski definition) is 2. The van der Waals surface area contributed by atoms with Crippen molar-refractivity contribution in [2.24, 2.45) is 5.92 Å². The van der Waals surface area contributed by atoms with Gasteiger partial charge in [-0.2, -0.15) is 0 Å². The number of benzene rings is 4. The Morgan fingerprint density at radius 1 is 0.675 bits per heavy atom. The molecule has 0 saturated heterocycles. The van der Waals surface area contributed by atoms with Crippen LogP contribution in [0.4, 0.5) is 11.4 Å². The second kappa shape index (κ2) is 12.1. The molecular weight excluding hydrogens is 492 g/mol. The molecule has 5 rings (SSSR count). The highest BCUT2D eigenvalue weighted by Crippen LogP contribution is 2.48. The first-order valence-corrected chi connectivity index (χ1v) is 14.7. The normalized spacial score (nSPS) is 15.1. The van der Waals surface area contributed by atoms with Gasteiger partial charge in [0, 0.05) is 16.8 Å². The molecule has 0 unspecified atom stereocenters. The summed E-state index contributed by atoms with van der Waals surface area (Å²) in [5.41, 5.74) is 18.1. The van der Waals surface area contributed by atoms with E-state index in [1.165, 1.54) is 43.2 Å². The summed E-state index contributed by atoms with van der Waals surface area (Å²) in [6.07, 6.45) is 8.74. The van der Waals surface area contributed by atoms with E-state index in [0.717, 1.165) is 64.3 Å². The van der Waals surface area contributed by atoms with Crippen molar-refractivity contribution in [1.82, 2.24) is 0 Å². The molecule has 0 radical (unpaired) electrons. The van der Waals surface area contributed by atoms with Crippen molar-refractivity contribution in [3.8, 4) is 23.0 Å². The van der Waals surface area contributed by atoms with Gasteiger partial charge in [0.25, 0.3) is 0 Å². The number of nitrogen functional groups attached to an aromatic ring is 2. The topological polar surface area (TPSA) is 70.5 Å². The Labute approximate surface area is 239 Å². The molecule has 4 aromatic carbocycles. The van der Waals surface area contributed by atoms with Crippen LogP contribution in [0.15, 0.2) is 84.9 Å². The average Bonchev–Trinajstić information content (AvgIpc) is 2.96. The van der Waals surface area contributed by atoms with Gasteiger partial charge < -0.3 is 20.9 Å². The molecule has 4 nitrogen and oxygen atoms in total. The summed E-state index contributed by atoms with van der Waals surface area (Å²) < 4.78 is 12.4. The minimum atomic E-state index is -0.0198. The second-order valence-corrected chi connectivity index (χ2v) is 11.5. The van der Waals surface area contributed by atoms with Crippen molar-refractivity contribution in [3.63, 3.8) is 0 Å². The lowest BCUT2D eigenvalue weighted by atomic mass is 9.62. The number of nitrogens with two attached hydrogens (primary N) is 2. The van der Waals surface area contributed by atoms with Crippen molar-refractivity contribution in [3.05, 3.63) is 107 Å². The molecule has 0 atom stereocenters. The van der Waals surface area contributed by atoms with Crippen LogP contribution in [0.3, 0.4) is 0 Å². The number of anilines is 2. The fraction of sp³-hybridized carbons (Fsp3) is 0.333. The molecule has 208 valence electrons. The van der Waals surface area contributed by atoms with Crippen molar-refractivity contribution in [1.29, 1.82) is 0 Å². The SMILES string of the molecule is CCCCC1CCC(c2ccc(Oc3ccc(N)cc3C)cc2)(c2ccc(Oc3ccc(N)cc3C)cc2)CC1. The average molecular weight is 535 g/mol. The molecule has 40 heavy (non-hydrogen) atoms. The number of ether oxygens (including phenoxy) is 2. The van der Waals surface area contributed by atoms with Gasteiger partial charge in [-0.05, 0) is 128 Å². The third-order valence-corrected chi connectivity index (χ3v) is 8.59. The van der Waals surface area contributed by atoms with Crippen LogP contribution in [-0.2, 0) is 5.41 Å². The van der Waals surface area contributed by atoms with Crippen molar-refractivity contribution >= 4 is 11.4 Å². The van der Waals surface area contributed by atoms with Gasteiger partial charge in [-0.1, -0.05) is 50.5 Å². The van der Waals surface area contributed by atoms with E-state index in [4.69, 9.17) is 20.9 Å². The van der Waals surface area contributed by atoms with Gasteiger partial charge in [0.05, 0.1) is 0 Å². The second-order valence-electron chi connectivity index (χ2n) is 11.5. The van der Waals surface area contributed by atoms with Gasteiger partial charge in [0.15, 0.2) is 0 Å². The van der Waals surface area contributed by atoms with Crippen LogP contribution in [0, 0.1) is 19.8 Å². The Balaban J connectivity index is 1.40. The maximum atomic E-state index is 6.22. The molecule has 4 heteroatoms. The zero-order valence-electron chi connectivity index (χ0n) is 24.1. The van der Waals surface area contributed by atoms with E-state index in [2.05, 4.69) is 55.5 Å². The number of unbranched alkanes of at least 4 members (excludes halogenated alkanes) is 1. The third-order valence-electron chi connectivity index (χ3n) is 8.59. The van der Waals surface area contributed by atoms with Crippen LogP contribution >= 0.6 is 0 Å². The summed E-state index contributed by atoms with van der Waals surface area (Å²) in [7, 11) is 0. The smallest absolute Gasteiger partial charge is 0.130 e. The van der Waals surface area contributed by atoms with E-state index in [1.807, 2.05) is 50.2 Å². The molecule has 1 aliphatic rings. The predicted molar refractivity (Wildman–Crippen MR) is 166 cm³/mol. The third kappa shape index (κ3) is 6.12. The molecule has 0 spiro atoms. The lowest BCUT2D eigenvalue weighted by molar-refractivity contribution is 0.251. The van der Waals surface area contributed by atoms with E-state index >= 15 is 0 Å². The first-order chi connectivity index (χ1) is 19.4. The molecule has 0 aromatic heterocycles. The fourth-order valence-corrected chi connectivity index (χ4v) is 6.21. The minimum absolute atomic E-state index is 0.0198. The van der Waals surface area contributed by atoms with Crippen LogP contribution < -0.4 is 20.9 Å². The molecule has 0 bridgehead atoms. The molecular formula is C36H42N2O2. The highest BCUT2D eigenvalue weighted by atomic mass is 16.5. The van der Waals surface area contributed by atoms with E-state index in [-0.39, 0.29) is 5.41 Å². The summed E-state index contributed by atoms with van der Waals surface area (Å²) in [6, 6.07) is 29.0. The number of hydrogen-bond acceptors (Lipinski definition) is 4. The molecule has 1 aliphatic carbocycles. The van der Waals surface area contributed by atoms with Crippen molar-refractivity contribution in [2.75, 3.05) is 11.5 Å². The predicted octanol–water partition coefficient (Wildman–Crippen LogP) is 9.72. The Bertz CT molecular complexity index is 1320. The maximum Gasteiger partial charge on any atom is 0.130 e. The van der Waals surface area contributed by atoms with Crippen LogP contribution in [-0.4, -0.2) is 0 Å². The van der Waals surface area contributed by atoms with Gasteiger partial charge in [0.2, 0.25) is 0 Å². The fourth-order valence-electron chi connectivity index (χ4n) is 6.21. The van der Waals surface area contributed by atoms with E-state index < -0.39 is 0 Å². The maximum absolute atomic E-state index is 6.22. The summed E-state index contributed by atoms with van der Waals surface area (Å²) in [4.78, 5) is 0. The van der Waals surface area contributed by atoms with E-state index in [0.29, 0.717) is 0 Å². The van der Waals surface area contributed by atoms with Crippen molar-refractivity contribution < 1.29 is 9.47 Å². The molecule has 4 aromatic rings. The van der Waals surface area contributed by atoms with E-state index in [9.17, 15) is 0 Å². The summed E-state index contributed by atoms with van der Waals surface area (Å²) in [5, 5.41) is 0. The lowest BCUT2D eigenvalue weighted by Gasteiger charge is -2.41. The van der Waals surface area contributed by atoms with E-state index in [1.54, 1.807) is 0 Å². The van der Waals surface area contributed by atoms with Gasteiger partial charge in [0.1, 0.15) is 23.0 Å². The standard InChI is InChI=1S/C36H42N2O2/c1-4-5-6-27-19-21-36(22-20-27,28-7-13-32(14-8-28)39-34-17-11-30(37)23-25(34)2)29-9-15-33(16-10-29)40-35-18-12-31(38)24-26(35)3/h7-18,23-24,27H,4-6,19-22,37-38H2,1-3H3. The molecule has 4 N–H and O–H groups in total. The van der Waals surface area contributed by atoms with Gasteiger partial charge >= 0.3 is 0 Å². The Morgan fingerprint density at radius 2 is 1.12 bits per heavy atom. The van der Waals surface area contributed by atoms with Crippen LogP contribution in [0.5, 0.6) is 23.0 Å². The van der Waals surface area contributed by atoms with Gasteiger partial charge in [-0.15, -0.1) is 0 Å². The molecule has 0 aliphatic heterocycles. The summed E-state index contributed by atoms with van der Waals surface area (Å²) in [6.45, 7) is 6.33. The van der Waals surface area contributed by atoms with Crippen LogP contribution in [0.25, 0.3) is 0 Å². The van der Waals surface area contributed by atoms with Crippen molar-refractivity contribution in [2.45, 2.75) is 71.1 Å². The zero-order valence-corrected chi connectivity index (χ0v) is 24.1. The number of aryl methyl sites for hydroxylation is 2. The first kappa shape index (κ1) is 27.6. The molecule has 1 saturated carbocycles. The largest absolute Gasteiger partial charge is 0.457 e. The Morgan fingerprint density at radius 3 is 1.52 bits per heavy atom. The highest BCUT2D eigenvalue weighted by Gasteiger charge is 2.38. The zero-order chi connectivity index (χ0) is 28.1. The summed E-state index contributed by atoms with van der Waals surface area (Å²) >= 11 is 0. The number of rotatable bonds is 9. The Kier molecular flexibility index (Phi) is 8.35. The molecule has 0 heterocycles. The van der Waals surface area contributed by atoms with Crippen LogP contribution in [0.1, 0.15) is 74.1 Å². The monoisotopic (exact) mass is 534 g/mol. The summed E-state index contributed by atoms with van der Waals surface area (Å²) in [5.74, 6) is 4.16.